The highest BCUT2D eigenvalue weighted by Gasteiger charge is 2.09. The standard InChI is InChI=1S/C19H22N4O3.ClH/c1-23(12-17(24)22-11-18(25)26-2)16-9-7-14(8-10-16)13-3-5-15(6-4-13)19(20)21;/h3-10H,11-12H2,1-2H3,(H3,20,21)(H,22,24);1H. The number of amides is 1. The third-order valence-electron chi connectivity index (χ3n) is 3.88. The van der Waals surface area contributed by atoms with Gasteiger partial charge in [0.05, 0.1) is 13.7 Å². The number of nitrogen functional groups attached to an aromatic ring is 1. The number of halogens is 1. The Morgan fingerprint density at radius 2 is 1.59 bits per heavy atom. The van der Waals surface area contributed by atoms with E-state index in [0.717, 1.165) is 16.8 Å². The van der Waals surface area contributed by atoms with Gasteiger partial charge in [0.2, 0.25) is 5.91 Å². The number of anilines is 1. The van der Waals surface area contributed by atoms with Crippen molar-refractivity contribution in [2.45, 2.75) is 0 Å². The molecule has 0 unspecified atom stereocenters. The van der Waals surface area contributed by atoms with Crippen molar-refractivity contribution >= 4 is 35.8 Å². The Hall–Kier alpha value is -3.06. The summed E-state index contributed by atoms with van der Waals surface area (Å²) in [4.78, 5) is 24.7. The summed E-state index contributed by atoms with van der Waals surface area (Å²) in [6, 6.07) is 15.2. The van der Waals surface area contributed by atoms with Gasteiger partial charge in [-0.05, 0) is 23.3 Å². The van der Waals surface area contributed by atoms with Crippen LogP contribution in [0.4, 0.5) is 5.69 Å². The smallest absolute Gasteiger partial charge is 0.325 e. The number of hydrogen-bond donors (Lipinski definition) is 3. The lowest BCUT2D eigenvalue weighted by atomic mass is 10.0. The van der Waals surface area contributed by atoms with E-state index in [9.17, 15) is 9.59 Å². The van der Waals surface area contributed by atoms with E-state index in [-0.39, 0.29) is 37.2 Å². The van der Waals surface area contributed by atoms with Gasteiger partial charge in [-0.3, -0.25) is 15.0 Å². The summed E-state index contributed by atoms with van der Waals surface area (Å²) in [5, 5.41) is 9.92. The molecule has 0 aliphatic heterocycles. The molecule has 2 rings (SSSR count). The fourth-order valence-electron chi connectivity index (χ4n) is 2.36. The quantitative estimate of drug-likeness (QED) is 0.379. The van der Waals surface area contributed by atoms with Gasteiger partial charge in [-0.15, -0.1) is 12.4 Å². The minimum absolute atomic E-state index is 0. The van der Waals surface area contributed by atoms with E-state index >= 15 is 0 Å². The first-order valence-corrected chi connectivity index (χ1v) is 8.00. The summed E-state index contributed by atoms with van der Waals surface area (Å²) in [5.41, 5.74) is 9.06. The molecule has 0 heterocycles. The van der Waals surface area contributed by atoms with Crippen LogP contribution < -0.4 is 16.0 Å². The van der Waals surface area contributed by atoms with Crippen LogP contribution in [0.5, 0.6) is 0 Å². The van der Waals surface area contributed by atoms with Gasteiger partial charge in [-0.1, -0.05) is 36.4 Å². The van der Waals surface area contributed by atoms with Gasteiger partial charge in [0.25, 0.3) is 0 Å². The van der Waals surface area contributed by atoms with Crippen LogP contribution in [0.3, 0.4) is 0 Å². The molecule has 0 spiro atoms. The number of methoxy groups -OCH3 is 1. The molecule has 7 nitrogen and oxygen atoms in total. The Labute approximate surface area is 164 Å². The molecule has 0 aliphatic carbocycles. The molecular formula is C19H23ClN4O3. The van der Waals surface area contributed by atoms with E-state index in [1.807, 2.05) is 48.5 Å². The molecule has 0 aliphatic rings. The maximum atomic E-state index is 11.8. The molecule has 1 amide bonds. The average molecular weight is 391 g/mol. The molecule has 0 aromatic heterocycles. The number of hydrogen-bond acceptors (Lipinski definition) is 5. The first-order valence-electron chi connectivity index (χ1n) is 8.00. The van der Waals surface area contributed by atoms with Crippen LogP contribution in [-0.2, 0) is 14.3 Å². The van der Waals surface area contributed by atoms with Crippen LogP contribution in [0.25, 0.3) is 11.1 Å². The van der Waals surface area contributed by atoms with Gasteiger partial charge in [-0.2, -0.15) is 0 Å². The normalized spacial score (nSPS) is 9.70. The number of rotatable bonds is 7. The maximum absolute atomic E-state index is 11.8. The molecule has 8 heteroatoms. The van der Waals surface area contributed by atoms with Crippen molar-refractivity contribution in [3.63, 3.8) is 0 Å². The molecule has 0 atom stereocenters. The highest BCUT2D eigenvalue weighted by molar-refractivity contribution is 5.95. The zero-order chi connectivity index (χ0) is 19.1. The van der Waals surface area contributed by atoms with Crippen molar-refractivity contribution in [2.24, 2.45) is 5.73 Å². The summed E-state index contributed by atoms with van der Waals surface area (Å²) in [6.07, 6.45) is 0. The fraction of sp³-hybridized carbons (Fsp3) is 0.211. The number of nitrogens with zero attached hydrogens (tertiary/aromatic N) is 1. The second kappa shape index (κ2) is 10.2. The number of carbonyl (C=O) groups excluding carboxylic acids is 2. The molecule has 4 N–H and O–H groups in total. The van der Waals surface area contributed by atoms with Gasteiger partial charge in [-0.25, -0.2) is 0 Å². The van der Waals surface area contributed by atoms with Crippen LogP contribution in [0.1, 0.15) is 5.56 Å². The SMILES string of the molecule is COC(=O)CNC(=O)CN(C)c1ccc(-c2ccc(C(=N)N)cc2)cc1.Cl. The van der Waals surface area contributed by atoms with E-state index in [4.69, 9.17) is 11.1 Å². The molecule has 0 saturated carbocycles. The number of ether oxygens (including phenoxy) is 1. The van der Waals surface area contributed by atoms with Gasteiger partial charge in [0.1, 0.15) is 12.4 Å². The van der Waals surface area contributed by atoms with Crippen LogP contribution >= 0.6 is 12.4 Å². The lowest BCUT2D eigenvalue weighted by Crippen LogP contribution is -2.38. The molecule has 144 valence electrons. The predicted octanol–water partition coefficient (Wildman–Crippen LogP) is 1.78. The monoisotopic (exact) mass is 390 g/mol. The van der Waals surface area contributed by atoms with Gasteiger partial charge in [0, 0.05) is 18.3 Å². The van der Waals surface area contributed by atoms with E-state index < -0.39 is 5.97 Å². The number of esters is 1. The molecule has 0 radical (unpaired) electrons. The van der Waals surface area contributed by atoms with E-state index in [2.05, 4.69) is 10.1 Å². The summed E-state index contributed by atoms with van der Waals surface area (Å²) in [7, 11) is 3.07. The fourth-order valence-corrected chi connectivity index (χ4v) is 2.36. The van der Waals surface area contributed by atoms with Crippen molar-refractivity contribution in [1.29, 1.82) is 5.41 Å². The van der Waals surface area contributed by atoms with Crippen LogP contribution in [0.15, 0.2) is 48.5 Å². The topological polar surface area (TPSA) is 109 Å². The van der Waals surface area contributed by atoms with Gasteiger partial charge < -0.3 is 20.7 Å². The number of likely N-dealkylation sites (N-methyl/N-ethyl adjacent to an activating group) is 1. The summed E-state index contributed by atoms with van der Waals surface area (Å²) in [6.45, 7) is -0.0119. The molecule has 0 saturated heterocycles. The van der Waals surface area contributed by atoms with Crippen molar-refractivity contribution in [1.82, 2.24) is 5.32 Å². The van der Waals surface area contributed by atoms with E-state index in [1.54, 1.807) is 11.9 Å². The average Bonchev–Trinajstić information content (AvgIpc) is 2.66. The highest BCUT2D eigenvalue weighted by atomic mass is 35.5. The van der Waals surface area contributed by atoms with Crippen LogP contribution in [0.2, 0.25) is 0 Å². The third-order valence-corrected chi connectivity index (χ3v) is 3.88. The second-order valence-corrected chi connectivity index (χ2v) is 5.75. The van der Waals surface area contributed by atoms with E-state index in [0.29, 0.717) is 5.56 Å². The van der Waals surface area contributed by atoms with Crippen molar-refractivity contribution in [2.75, 3.05) is 32.1 Å². The number of amidine groups is 1. The molecular weight excluding hydrogens is 368 g/mol. The van der Waals surface area contributed by atoms with Gasteiger partial charge >= 0.3 is 5.97 Å². The Morgan fingerprint density at radius 1 is 1.07 bits per heavy atom. The first-order chi connectivity index (χ1) is 12.4. The third kappa shape index (κ3) is 6.31. The molecule has 2 aromatic rings. The second-order valence-electron chi connectivity index (χ2n) is 5.75. The number of benzene rings is 2. The van der Waals surface area contributed by atoms with E-state index in [1.165, 1.54) is 7.11 Å². The van der Waals surface area contributed by atoms with Crippen molar-refractivity contribution in [3.8, 4) is 11.1 Å². The van der Waals surface area contributed by atoms with Crippen molar-refractivity contribution in [3.05, 3.63) is 54.1 Å². The van der Waals surface area contributed by atoms with Crippen LogP contribution in [0, 0.1) is 5.41 Å². The molecule has 2 aromatic carbocycles. The minimum atomic E-state index is -0.485. The van der Waals surface area contributed by atoms with Gasteiger partial charge in [0.15, 0.2) is 0 Å². The highest BCUT2D eigenvalue weighted by Crippen LogP contribution is 2.23. The Kier molecular flexibility index (Phi) is 8.29. The lowest BCUT2D eigenvalue weighted by Gasteiger charge is -2.19. The molecule has 0 fully saturated rings. The van der Waals surface area contributed by atoms with Crippen LogP contribution in [-0.4, -0.2) is 45.0 Å². The zero-order valence-corrected chi connectivity index (χ0v) is 16.0. The number of nitrogens with one attached hydrogen (secondary N) is 2. The van der Waals surface area contributed by atoms with Crippen molar-refractivity contribution < 1.29 is 14.3 Å². The first kappa shape index (κ1) is 22.0. The summed E-state index contributed by atoms with van der Waals surface area (Å²) < 4.78 is 4.48. The lowest BCUT2D eigenvalue weighted by molar-refractivity contribution is -0.141. The number of carbonyl (C=O) groups is 2. The summed E-state index contributed by atoms with van der Waals surface area (Å²) in [5.74, 6) is -0.707. The maximum Gasteiger partial charge on any atom is 0.325 e. The largest absolute Gasteiger partial charge is 0.468 e. The predicted molar refractivity (Wildman–Crippen MR) is 108 cm³/mol. The Morgan fingerprint density at radius 3 is 2.07 bits per heavy atom. The summed E-state index contributed by atoms with van der Waals surface area (Å²) >= 11 is 0. The Balaban J connectivity index is 0.00000364. The number of nitrogens with two attached hydrogens (primary N) is 1. The zero-order valence-electron chi connectivity index (χ0n) is 15.2. The minimum Gasteiger partial charge on any atom is -0.468 e. The molecule has 0 bridgehead atoms. The Bertz CT molecular complexity index is 792. The molecule has 27 heavy (non-hydrogen) atoms.